The summed E-state index contributed by atoms with van der Waals surface area (Å²) >= 11 is 5.95. The predicted molar refractivity (Wildman–Crippen MR) is 76.9 cm³/mol. The van der Waals surface area contributed by atoms with E-state index >= 15 is 0 Å². The van der Waals surface area contributed by atoms with Crippen molar-refractivity contribution >= 4 is 11.6 Å². The third kappa shape index (κ3) is 3.90. The fraction of sp³-hybridized carbons (Fsp3) is 0.333. The minimum atomic E-state index is 0.823. The number of aromatic nitrogens is 1. The average molecular weight is 263 g/mol. The van der Waals surface area contributed by atoms with E-state index in [1.54, 1.807) is 0 Å². The van der Waals surface area contributed by atoms with Crippen LogP contribution in [0.2, 0.25) is 5.02 Å². The Kier molecular flexibility index (Phi) is 4.85. The van der Waals surface area contributed by atoms with Crippen LogP contribution in [0, 0.1) is 0 Å². The van der Waals surface area contributed by atoms with E-state index in [9.17, 15) is 0 Å². The lowest BCUT2D eigenvalue weighted by molar-refractivity contribution is 0.625. The molecule has 0 amide bonds. The van der Waals surface area contributed by atoms with Crippen molar-refractivity contribution in [1.29, 1.82) is 0 Å². The van der Waals surface area contributed by atoms with Crippen LogP contribution in [0.4, 0.5) is 0 Å². The first-order valence-electron chi connectivity index (χ1n) is 6.31. The summed E-state index contributed by atoms with van der Waals surface area (Å²) in [6, 6.07) is 12.3. The second-order valence-corrected chi connectivity index (χ2v) is 4.96. The molecule has 0 unspecified atom stereocenters. The topological polar surface area (TPSA) is 17.0 Å². The van der Waals surface area contributed by atoms with Gasteiger partial charge in [0.05, 0.1) is 0 Å². The fourth-order valence-corrected chi connectivity index (χ4v) is 2.22. The number of hydrogen-bond donors (Lipinski definition) is 1. The van der Waals surface area contributed by atoms with E-state index < -0.39 is 0 Å². The Bertz CT molecular complexity index is 491. The minimum Gasteiger partial charge on any atom is -0.353 e. The van der Waals surface area contributed by atoms with E-state index in [1.165, 1.54) is 11.3 Å². The van der Waals surface area contributed by atoms with Crippen LogP contribution in [0.3, 0.4) is 0 Å². The largest absolute Gasteiger partial charge is 0.353 e. The van der Waals surface area contributed by atoms with Crippen LogP contribution in [-0.4, -0.2) is 11.1 Å². The van der Waals surface area contributed by atoms with Crippen molar-refractivity contribution in [3.05, 3.63) is 58.9 Å². The number of nitrogens with one attached hydrogen (secondary N) is 1. The summed E-state index contributed by atoms with van der Waals surface area (Å²) in [4.78, 5) is 0. The van der Waals surface area contributed by atoms with Crippen molar-refractivity contribution in [2.45, 2.75) is 19.4 Å². The molecule has 1 aromatic heterocycles. The highest BCUT2D eigenvalue weighted by Crippen LogP contribution is 2.11. The van der Waals surface area contributed by atoms with E-state index in [1.807, 2.05) is 18.2 Å². The summed E-state index contributed by atoms with van der Waals surface area (Å²) in [5, 5.41) is 4.28. The predicted octanol–water partition coefficient (Wildman–Crippen LogP) is 3.40. The molecular weight excluding hydrogens is 244 g/mol. The Balaban J connectivity index is 1.66. The maximum absolute atomic E-state index is 5.95. The van der Waals surface area contributed by atoms with Crippen molar-refractivity contribution < 1.29 is 0 Å². The lowest BCUT2D eigenvalue weighted by Gasteiger charge is -2.06. The first-order valence-corrected chi connectivity index (χ1v) is 6.69. The van der Waals surface area contributed by atoms with Gasteiger partial charge >= 0.3 is 0 Å². The van der Waals surface area contributed by atoms with Crippen LogP contribution in [0.5, 0.6) is 0 Å². The molecule has 0 spiro atoms. The van der Waals surface area contributed by atoms with Gasteiger partial charge in [-0.15, -0.1) is 0 Å². The molecule has 2 rings (SSSR count). The van der Waals surface area contributed by atoms with Gasteiger partial charge in [-0.25, -0.2) is 0 Å². The molecule has 18 heavy (non-hydrogen) atoms. The number of hydrogen-bond acceptors (Lipinski definition) is 1. The monoisotopic (exact) mass is 262 g/mol. The van der Waals surface area contributed by atoms with Gasteiger partial charge in [0.1, 0.15) is 0 Å². The molecule has 0 saturated carbocycles. The lowest BCUT2D eigenvalue weighted by atomic mass is 10.1. The molecule has 1 heterocycles. The van der Waals surface area contributed by atoms with Crippen LogP contribution in [0.25, 0.3) is 0 Å². The van der Waals surface area contributed by atoms with Crippen molar-refractivity contribution in [2.75, 3.05) is 6.54 Å². The van der Waals surface area contributed by atoms with E-state index in [2.05, 4.69) is 41.3 Å². The smallest absolute Gasteiger partial charge is 0.0408 e. The second kappa shape index (κ2) is 6.62. The molecule has 2 aromatic rings. The molecule has 0 atom stereocenters. The third-order valence-electron chi connectivity index (χ3n) is 3.07. The van der Waals surface area contributed by atoms with Crippen LogP contribution in [0.1, 0.15) is 17.7 Å². The molecule has 3 heteroatoms. The van der Waals surface area contributed by atoms with Crippen molar-refractivity contribution in [2.24, 2.45) is 7.05 Å². The Morgan fingerprint density at radius 2 is 2.11 bits per heavy atom. The van der Waals surface area contributed by atoms with E-state index in [-0.39, 0.29) is 0 Å². The number of aryl methyl sites for hydroxylation is 2. The number of nitrogens with zero attached hydrogens (tertiary/aromatic N) is 1. The second-order valence-electron chi connectivity index (χ2n) is 4.52. The van der Waals surface area contributed by atoms with Gasteiger partial charge in [0, 0.05) is 30.5 Å². The van der Waals surface area contributed by atoms with Crippen LogP contribution in [-0.2, 0) is 20.0 Å². The zero-order valence-electron chi connectivity index (χ0n) is 10.7. The standard InChI is InChI=1S/C15H19ClN2/c1-18-10-4-8-15(18)12-17-9-3-6-13-5-2-7-14(16)11-13/h2,4-5,7-8,10-11,17H,3,6,9,12H2,1H3. The van der Waals surface area contributed by atoms with Crippen LogP contribution < -0.4 is 5.32 Å². The van der Waals surface area contributed by atoms with Crippen LogP contribution >= 0.6 is 11.6 Å². The molecule has 0 radical (unpaired) electrons. The summed E-state index contributed by atoms with van der Waals surface area (Å²) in [5.41, 5.74) is 2.63. The van der Waals surface area contributed by atoms with Gasteiger partial charge in [0.2, 0.25) is 0 Å². The summed E-state index contributed by atoms with van der Waals surface area (Å²) < 4.78 is 2.14. The van der Waals surface area contributed by atoms with Gasteiger partial charge in [0.15, 0.2) is 0 Å². The van der Waals surface area contributed by atoms with Gasteiger partial charge in [-0.2, -0.15) is 0 Å². The molecule has 0 saturated heterocycles. The minimum absolute atomic E-state index is 0.823. The van der Waals surface area contributed by atoms with Gasteiger partial charge in [-0.3, -0.25) is 0 Å². The van der Waals surface area contributed by atoms with Gasteiger partial charge in [-0.1, -0.05) is 23.7 Å². The molecule has 0 aliphatic rings. The van der Waals surface area contributed by atoms with Crippen molar-refractivity contribution in [3.8, 4) is 0 Å². The molecule has 1 aromatic carbocycles. The zero-order valence-corrected chi connectivity index (χ0v) is 11.5. The number of rotatable bonds is 6. The summed E-state index contributed by atoms with van der Waals surface area (Å²) in [7, 11) is 2.07. The summed E-state index contributed by atoms with van der Waals surface area (Å²) in [6.07, 6.45) is 4.27. The quantitative estimate of drug-likeness (QED) is 0.790. The molecule has 0 aliphatic carbocycles. The Labute approximate surface area is 114 Å². The molecule has 0 bridgehead atoms. The highest BCUT2D eigenvalue weighted by atomic mass is 35.5. The van der Waals surface area contributed by atoms with E-state index in [0.717, 1.165) is 31.0 Å². The number of halogens is 1. The Morgan fingerprint density at radius 1 is 1.22 bits per heavy atom. The molecular formula is C15H19ClN2. The van der Waals surface area contributed by atoms with Gasteiger partial charge in [-0.05, 0) is 49.2 Å². The SMILES string of the molecule is Cn1cccc1CNCCCc1cccc(Cl)c1. The van der Waals surface area contributed by atoms with Gasteiger partial charge in [0.25, 0.3) is 0 Å². The molecule has 96 valence electrons. The molecule has 2 nitrogen and oxygen atoms in total. The van der Waals surface area contributed by atoms with Crippen molar-refractivity contribution in [1.82, 2.24) is 9.88 Å². The average Bonchev–Trinajstić information content (AvgIpc) is 2.75. The molecule has 0 aliphatic heterocycles. The summed E-state index contributed by atoms with van der Waals surface area (Å²) in [6.45, 7) is 1.96. The first-order chi connectivity index (χ1) is 8.75. The number of benzene rings is 1. The highest BCUT2D eigenvalue weighted by molar-refractivity contribution is 6.30. The van der Waals surface area contributed by atoms with E-state index in [0.29, 0.717) is 0 Å². The Morgan fingerprint density at radius 3 is 2.83 bits per heavy atom. The molecule has 1 N–H and O–H groups in total. The van der Waals surface area contributed by atoms with E-state index in [4.69, 9.17) is 11.6 Å². The molecule has 0 fully saturated rings. The maximum atomic E-state index is 5.95. The van der Waals surface area contributed by atoms with Crippen molar-refractivity contribution in [3.63, 3.8) is 0 Å². The zero-order chi connectivity index (χ0) is 12.8. The summed E-state index contributed by atoms with van der Waals surface area (Å²) in [5.74, 6) is 0. The highest BCUT2D eigenvalue weighted by Gasteiger charge is 1.97. The Hall–Kier alpha value is -1.25. The first kappa shape index (κ1) is 13.2. The normalized spacial score (nSPS) is 10.8. The fourth-order valence-electron chi connectivity index (χ4n) is 2.01. The van der Waals surface area contributed by atoms with Crippen LogP contribution in [0.15, 0.2) is 42.6 Å². The maximum Gasteiger partial charge on any atom is 0.0408 e. The third-order valence-corrected chi connectivity index (χ3v) is 3.30. The lowest BCUT2D eigenvalue weighted by Crippen LogP contribution is -2.17. The van der Waals surface area contributed by atoms with Gasteiger partial charge < -0.3 is 9.88 Å².